The van der Waals surface area contributed by atoms with E-state index in [9.17, 15) is 9.18 Å². The first-order chi connectivity index (χ1) is 8.49. The number of hydrogen-bond acceptors (Lipinski definition) is 2. The Labute approximate surface area is 107 Å². The van der Waals surface area contributed by atoms with Crippen molar-refractivity contribution < 1.29 is 9.18 Å². The summed E-state index contributed by atoms with van der Waals surface area (Å²) in [5.41, 5.74) is 1.08. The Hall–Kier alpha value is -1.42. The Balaban J connectivity index is 2.27. The Bertz CT molecular complexity index is 461. The number of carbonyl (C=O) groups is 1. The van der Waals surface area contributed by atoms with Crippen molar-refractivity contribution in [2.75, 3.05) is 13.1 Å². The van der Waals surface area contributed by atoms with Crippen LogP contribution in [0.5, 0.6) is 0 Å². The van der Waals surface area contributed by atoms with Crippen LogP contribution in [0.4, 0.5) is 4.39 Å². The third kappa shape index (κ3) is 2.53. The van der Waals surface area contributed by atoms with Gasteiger partial charge in [-0.15, -0.1) is 0 Å². The number of aryl methyl sites for hydroxylation is 1. The van der Waals surface area contributed by atoms with E-state index in [2.05, 4.69) is 5.32 Å². The average Bonchev–Trinajstić information content (AvgIpc) is 2.34. The summed E-state index contributed by atoms with van der Waals surface area (Å²) < 4.78 is 13.7. The zero-order chi connectivity index (χ0) is 13.3. The first kappa shape index (κ1) is 13.0. The predicted octanol–water partition coefficient (Wildman–Crippen LogP) is 1.96. The van der Waals surface area contributed by atoms with E-state index in [4.69, 9.17) is 0 Å². The van der Waals surface area contributed by atoms with Gasteiger partial charge in [-0.2, -0.15) is 0 Å². The van der Waals surface area contributed by atoms with E-state index in [1.807, 2.05) is 20.8 Å². The van der Waals surface area contributed by atoms with Crippen molar-refractivity contribution in [2.24, 2.45) is 0 Å². The fourth-order valence-electron chi connectivity index (χ4n) is 2.26. The molecule has 1 aromatic rings. The van der Waals surface area contributed by atoms with Gasteiger partial charge in [0, 0.05) is 25.2 Å². The summed E-state index contributed by atoms with van der Waals surface area (Å²) in [5, 5.41) is 3.31. The smallest absolute Gasteiger partial charge is 0.257 e. The maximum absolute atomic E-state index is 13.7. The molecule has 0 saturated carbocycles. The molecular formula is C14H19FN2O. The van der Waals surface area contributed by atoms with E-state index >= 15 is 0 Å². The second-order valence-electron chi connectivity index (χ2n) is 5.10. The molecule has 2 atom stereocenters. The maximum Gasteiger partial charge on any atom is 0.257 e. The molecule has 2 unspecified atom stereocenters. The van der Waals surface area contributed by atoms with Crippen LogP contribution in [-0.2, 0) is 0 Å². The lowest BCUT2D eigenvalue weighted by molar-refractivity contribution is 0.0611. The standard InChI is InChI=1S/C14H19FN2O/c1-9-4-5-13(15)12(6-9)14(18)17-8-10(2)16-7-11(17)3/h4-6,10-11,16H,7-8H2,1-3H3. The highest BCUT2D eigenvalue weighted by molar-refractivity contribution is 5.95. The van der Waals surface area contributed by atoms with Crippen LogP contribution in [0.3, 0.4) is 0 Å². The lowest BCUT2D eigenvalue weighted by Gasteiger charge is -2.37. The average molecular weight is 250 g/mol. The van der Waals surface area contributed by atoms with Gasteiger partial charge < -0.3 is 10.2 Å². The van der Waals surface area contributed by atoms with E-state index in [1.54, 1.807) is 17.0 Å². The Morgan fingerprint density at radius 2 is 2.17 bits per heavy atom. The number of piperazine rings is 1. The SMILES string of the molecule is Cc1ccc(F)c(C(=O)N2CC(C)NCC2C)c1. The summed E-state index contributed by atoms with van der Waals surface area (Å²) in [6.07, 6.45) is 0. The second kappa shape index (κ2) is 5.06. The van der Waals surface area contributed by atoms with Crippen molar-refractivity contribution in [1.29, 1.82) is 0 Å². The number of nitrogens with one attached hydrogen (secondary N) is 1. The van der Waals surface area contributed by atoms with E-state index in [1.165, 1.54) is 6.07 Å². The number of amides is 1. The van der Waals surface area contributed by atoms with Gasteiger partial charge in [-0.1, -0.05) is 11.6 Å². The molecule has 0 aromatic heterocycles. The summed E-state index contributed by atoms with van der Waals surface area (Å²) >= 11 is 0. The van der Waals surface area contributed by atoms with Crippen LogP contribution < -0.4 is 5.32 Å². The molecule has 1 amide bonds. The molecule has 4 heteroatoms. The van der Waals surface area contributed by atoms with Crippen molar-refractivity contribution in [2.45, 2.75) is 32.9 Å². The largest absolute Gasteiger partial charge is 0.333 e. The van der Waals surface area contributed by atoms with Gasteiger partial charge >= 0.3 is 0 Å². The van der Waals surface area contributed by atoms with Gasteiger partial charge in [0.2, 0.25) is 0 Å². The van der Waals surface area contributed by atoms with Crippen LogP contribution in [-0.4, -0.2) is 36.0 Å². The first-order valence-electron chi connectivity index (χ1n) is 6.29. The molecule has 1 saturated heterocycles. The fraction of sp³-hybridized carbons (Fsp3) is 0.500. The summed E-state index contributed by atoms with van der Waals surface area (Å²) in [4.78, 5) is 14.1. The van der Waals surface area contributed by atoms with E-state index in [0.29, 0.717) is 6.54 Å². The zero-order valence-corrected chi connectivity index (χ0v) is 11.0. The molecule has 18 heavy (non-hydrogen) atoms. The number of benzene rings is 1. The van der Waals surface area contributed by atoms with Crippen molar-refractivity contribution in [3.8, 4) is 0 Å². The van der Waals surface area contributed by atoms with E-state index in [-0.39, 0.29) is 23.6 Å². The van der Waals surface area contributed by atoms with Gasteiger partial charge in [0.05, 0.1) is 5.56 Å². The summed E-state index contributed by atoms with van der Waals surface area (Å²) in [6, 6.07) is 5.00. The van der Waals surface area contributed by atoms with Crippen LogP contribution in [0.15, 0.2) is 18.2 Å². The highest BCUT2D eigenvalue weighted by Crippen LogP contribution is 2.16. The highest BCUT2D eigenvalue weighted by atomic mass is 19.1. The Morgan fingerprint density at radius 1 is 1.44 bits per heavy atom. The molecule has 0 aliphatic carbocycles. The number of nitrogens with zero attached hydrogens (tertiary/aromatic N) is 1. The molecular weight excluding hydrogens is 231 g/mol. The molecule has 0 bridgehead atoms. The Morgan fingerprint density at radius 3 is 2.89 bits per heavy atom. The molecule has 1 aliphatic heterocycles. The molecule has 98 valence electrons. The van der Waals surface area contributed by atoms with Gasteiger partial charge in [-0.3, -0.25) is 4.79 Å². The minimum atomic E-state index is -0.441. The van der Waals surface area contributed by atoms with Crippen LogP contribution >= 0.6 is 0 Å². The molecule has 1 aliphatic rings. The molecule has 0 radical (unpaired) electrons. The van der Waals surface area contributed by atoms with Crippen molar-refractivity contribution in [3.63, 3.8) is 0 Å². The van der Waals surface area contributed by atoms with Crippen molar-refractivity contribution in [1.82, 2.24) is 10.2 Å². The van der Waals surface area contributed by atoms with Gasteiger partial charge in [0.25, 0.3) is 5.91 Å². The fourth-order valence-corrected chi connectivity index (χ4v) is 2.26. The molecule has 2 rings (SSSR count). The lowest BCUT2D eigenvalue weighted by atomic mass is 10.1. The molecule has 1 aromatic carbocycles. The number of hydrogen-bond donors (Lipinski definition) is 1. The molecule has 1 N–H and O–H groups in total. The maximum atomic E-state index is 13.7. The van der Waals surface area contributed by atoms with Crippen molar-refractivity contribution in [3.05, 3.63) is 35.1 Å². The summed E-state index contributed by atoms with van der Waals surface area (Å²) in [7, 11) is 0. The van der Waals surface area contributed by atoms with Crippen LogP contribution in [0, 0.1) is 12.7 Å². The quantitative estimate of drug-likeness (QED) is 0.826. The molecule has 3 nitrogen and oxygen atoms in total. The minimum Gasteiger partial charge on any atom is -0.333 e. The molecule has 1 heterocycles. The van der Waals surface area contributed by atoms with E-state index < -0.39 is 5.82 Å². The third-order valence-electron chi connectivity index (χ3n) is 3.38. The molecule has 1 fully saturated rings. The third-order valence-corrected chi connectivity index (χ3v) is 3.38. The van der Waals surface area contributed by atoms with Gasteiger partial charge in [-0.05, 0) is 32.9 Å². The van der Waals surface area contributed by atoms with Crippen LogP contribution in [0.25, 0.3) is 0 Å². The zero-order valence-electron chi connectivity index (χ0n) is 11.0. The lowest BCUT2D eigenvalue weighted by Crippen LogP contribution is -2.56. The number of halogens is 1. The summed E-state index contributed by atoms with van der Waals surface area (Å²) in [5.74, 6) is -0.652. The number of rotatable bonds is 1. The normalized spacial score (nSPS) is 24.1. The molecule has 0 spiro atoms. The predicted molar refractivity (Wildman–Crippen MR) is 69.1 cm³/mol. The van der Waals surface area contributed by atoms with Gasteiger partial charge in [0.15, 0.2) is 0 Å². The van der Waals surface area contributed by atoms with Gasteiger partial charge in [0.1, 0.15) is 5.82 Å². The topological polar surface area (TPSA) is 32.3 Å². The minimum absolute atomic E-state index is 0.0913. The first-order valence-corrected chi connectivity index (χ1v) is 6.29. The summed E-state index contributed by atoms with van der Waals surface area (Å²) in [6.45, 7) is 7.23. The monoisotopic (exact) mass is 250 g/mol. The van der Waals surface area contributed by atoms with Crippen LogP contribution in [0.2, 0.25) is 0 Å². The van der Waals surface area contributed by atoms with Crippen LogP contribution in [0.1, 0.15) is 29.8 Å². The highest BCUT2D eigenvalue weighted by Gasteiger charge is 2.28. The van der Waals surface area contributed by atoms with Gasteiger partial charge in [-0.25, -0.2) is 4.39 Å². The number of carbonyl (C=O) groups excluding carboxylic acids is 1. The van der Waals surface area contributed by atoms with Crippen molar-refractivity contribution >= 4 is 5.91 Å². The second-order valence-corrected chi connectivity index (χ2v) is 5.10. The van der Waals surface area contributed by atoms with E-state index in [0.717, 1.165) is 12.1 Å². The Kier molecular flexibility index (Phi) is 3.66.